The quantitative estimate of drug-likeness (QED) is 0.875. The Morgan fingerprint density at radius 3 is 2.70 bits per heavy atom. The molecule has 1 unspecified atom stereocenters. The summed E-state index contributed by atoms with van der Waals surface area (Å²) in [5, 5.41) is 10.2. The van der Waals surface area contributed by atoms with Crippen molar-refractivity contribution in [2.24, 2.45) is 0 Å². The standard InChI is InChI=1S/C13H15F2N5/c1-8-7-20(3-2-16-8)13-17-12(18-19-13)9-4-10(14)6-11(15)5-9/h4-6,8,16H,2-3,7H2,1H3,(H,17,18,19). The molecule has 0 spiro atoms. The molecule has 7 heteroatoms. The van der Waals surface area contributed by atoms with E-state index in [2.05, 4.69) is 27.4 Å². The van der Waals surface area contributed by atoms with Crippen molar-refractivity contribution < 1.29 is 8.78 Å². The van der Waals surface area contributed by atoms with E-state index >= 15 is 0 Å². The molecule has 0 radical (unpaired) electrons. The zero-order chi connectivity index (χ0) is 14.1. The van der Waals surface area contributed by atoms with Crippen molar-refractivity contribution in [3.05, 3.63) is 29.8 Å². The molecule has 1 aliphatic heterocycles. The zero-order valence-corrected chi connectivity index (χ0v) is 11.0. The van der Waals surface area contributed by atoms with Crippen LogP contribution in [0, 0.1) is 11.6 Å². The molecule has 20 heavy (non-hydrogen) atoms. The minimum Gasteiger partial charge on any atom is -0.337 e. The molecule has 0 aliphatic carbocycles. The van der Waals surface area contributed by atoms with Crippen LogP contribution in [-0.4, -0.2) is 40.9 Å². The van der Waals surface area contributed by atoms with Gasteiger partial charge in [-0.1, -0.05) is 0 Å². The van der Waals surface area contributed by atoms with E-state index in [1.54, 1.807) is 0 Å². The summed E-state index contributed by atoms with van der Waals surface area (Å²) in [5.41, 5.74) is 0.351. The number of hydrogen-bond acceptors (Lipinski definition) is 4. The van der Waals surface area contributed by atoms with Crippen LogP contribution in [0.5, 0.6) is 0 Å². The Kier molecular flexibility index (Phi) is 3.35. The highest BCUT2D eigenvalue weighted by atomic mass is 19.1. The second kappa shape index (κ2) is 5.16. The summed E-state index contributed by atoms with van der Waals surface area (Å²) >= 11 is 0. The number of H-pyrrole nitrogens is 1. The van der Waals surface area contributed by atoms with Gasteiger partial charge in [0.05, 0.1) is 0 Å². The second-order valence-electron chi connectivity index (χ2n) is 4.94. The number of aromatic amines is 1. The largest absolute Gasteiger partial charge is 0.337 e. The van der Waals surface area contributed by atoms with Crippen LogP contribution < -0.4 is 10.2 Å². The number of aromatic nitrogens is 3. The van der Waals surface area contributed by atoms with E-state index in [1.165, 1.54) is 12.1 Å². The molecule has 5 nitrogen and oxygen atoms in total. The van der Waals surface area contributed by atoms with Gasteiger partial charge in [-0.15, -0.1) is 5.10 Å². The summed E-state index contributed by atoms with van der Waals surface area (Å²) in [6.07, 6.45) is 0. The van der Waals surface area contributed by atoms with Gasteiger partial charge in [0, 0.05) is 37.3 Å². The molecule has 2 aromatic rings. The van der Waals surface area contributed by atoms with E-state index in [0.29, 0.717) is 23.4 Å². The predicted molar refractivity (Wildman–Crippen MR) is 71.4 cm³/mol. The number of piperazine rings is 1. The van der Waals surface area contributed by atoms with Crippen molar-refractivity contribution in [2.45, 2.75) is 13.0 Å². The van der Waals surface area contributed by atoms with Gasteiger partial charge >= 0.3 is 0 Å². The molecule has 0 saturated carbocycles. The van der Waals surface area contributed by atoms with Crippen LogP contribution >= 0.6 is 0 Å². The number of nitrogens with zero attached hydrogens (tertiary/aromatic N) is 3. The number of benzene rings is 1. The molecule has 106 valence electrons. The molecular weight excluding hydrogens is 264 g/mol. The van der Waals surface area contributed by atoms with E-state index in [4.69, 9.17) is 0 Å². The van der Waals surface area contributed by atoms with Crippen molar-refractivity contribution in [2.75, 3.05) is 24.5 Å². The van der Waals surface area contributed by atoms with Crippen molar-refractivity contribution in [3.8, 4) is 11.4 Å². The molecule has 2 heterocycles. The maximum Gasteiger partial charge on any atom is 0.245 e. The molecule has 0 bridgehead atoms. The van der Waals surface area contributed by atoms with Crippen LogP contribution in [0.1, 0.15) is 6.92 Å². The van der Waals surface area contributed by atoms with Gasteiger partial charge in [0.2, 0.25) is 5.95 Å². The molecule has 1 aliphatic rings. The highest BCUT2D eigenvalue weighted by molar-refractivity contribution is 5.56. The lowest BCUT2D eigenvalue weighted by Gasteiger charge is -2.30. The molecule has 1 aromatic carbocycles. The Morgan fingerprint density at radius 1 is 1.25 bits per heavy atom. The molecule has 2 N–H and O–H groups in total. The van der Waals surface area contributed by atoms with Gasteiger partial charge in [0.1, 0.15) is 11.6 Å². The van der Waals surface area contributed by atoms with Gasteiger partial charge in [-0.25, -0.2) is 8.78 Å². The third-order valence-electron chi connectivity index (χ3n) is 3.26. The first kappa shape index (κ1) is 13.0. The van der Waals surface area contributed by atoms with Crippen molar-refractivity contribution >= 4 is 5.95 Å². The Morgan fingerprint density at radius 2 is 2.00 bits per heavy atom. The smallest absolute Gasteiger partial charge is 0.245 e. The minimum absolute atomic E-state index is 0.351. The summed E-state index contributed by atoms with van der Waals surface area (Å²) in [7, 11) is 0. The lowest BCUT2D eigenvalue weighted by molar-refractivity contribution is 0.480. The molecule has 1 fully saturated rings. The van der Waals surface area contributed by atoms with Crippen LogP contribution in [0.2, 0.25) is 0 Å². The average molecular weight is 279 g/mol. The molecule has 3 rings (SSSR count). The molecule has 1 saturated heterocycles. The first-order chi connectivity index (χ1) is 9.61. The minimum atomic E-state index is -0.631. The van der Waals surface area contributed by atoms with Crippen molar-refractivity contribution in [3.63, 3.8) is 0 Å². The van der Waals surface area contributed by atoms with Gasteiger partial charge in [-0.05, 0) is 19.1 Å². The first-order valence-electron chi connectivity index (χ1n) is 6.49. The average Bonchev–Trinajstić information content (AvgIpc) is 2.87. The monoisotopic (exact) mass is 279 g/mol. The molecular formula is C13H15F2N5. The van der Waals surface area contributed by atoms with E-state index in [0.717, 1.165) is 25.7 Å². The topological polar surface area (TPSA) is 56.8 Å². The van der Waals surface area contributed by atoms with E-state index in [9.17, 15) is 8.78 Å². The SMILES string of the molecule is CC1CN(c2n[nH]c(-c3cc(F)cc(F)c3)n2)CCN1. The third-order valence-corrected chi connectivity index (χ3v) is 3.26. The van der Waals surface area contributed by atoms with Gasteiger partial charge in [-0.3, -0.25) is 5.10 Å². The van der Waals surface area contributed by atoms with Crippen LogP contribution in [0.25, 0.3) is 11.4 Å². The zero-order valence-electron chi connectivity index (χ0n) is 11.0. The molecule has 1 atom stereocenters. The van der Waals surface area contributed by atoms with Gasteiger partial charge in [-0.2, -0.15) is 4.98 Å². The Labute approximate surface area is 115 Å². The fraction of sp³-hybridized carbons (Fsp3) is 0.385. The summed E-state index contributed by atoms with van der Waals surface area (Å²) < 4.78 is 26.4. The van der Waals surface area contributed by atoms with Crippen LogP contribution in [0.3, 0.4) is 0 Å². The van der Waals surface area contributed by atoms with E-state index in [-0.39, 0.29) is 0 Å². The van der Waals surface area contributed by atoms with Crippen molar-refractivity contribution in [1.29, 1.82) is 0 Å². The highest BCUT2D eigenvalue weighted by Gasteiger charge is 2.19. The number of rotatable bonds is 2. The fourth-order valence-corrected chi connectivity index (χ4v) is 2.33. The number of anilines is 1. The summed E-state index contributed by atoms with van der Waals surface area (Å²) in [6, 6.07) is 3.65. The van der Waals surface area contributed by atoms with Gasteiger partial charge < -0.3 is 10.2 Å². The van der Waals surface area contributed by atoms with Crippen LogP contribution in [-0.2, 0) is 0 Å². The maximum atomic E-state index is 13.2. The number of halogens is 2. The lowest BCUT2D eigenvalue weighted by Crippen LogP contribution is -2.49. The van der Waals surface area contributed by atoms with Crippen LogP contribution in [0.15, 0.2) is 18.2 Å². The highest BCUT2D eigenvalue weighted by Crippen LogP contribution is 2.20. The summed E-state index contributed by atoms with van der Waals surface area (Å²) in [5.74, 6) is -0.343. The number of hydrogen-bond donors (Lipinski definition) is 2. The lowest BCUT2D eigenvalue weighted by atomic mass is 10.2. The van der Waals surface area contributed by atoms with Crippen LogP contribution in [0.4, 0.5) is 14.7 Å². The summed E-state index contributed by atoms with van der Waals surface area (Å²) in [6.45, 7) is 4.55. The van der Waals surface area contributed by atoms with Gasteiger partial charge in [0.25, 0.3) is 0 Å². The summed E-state index contributed by atoms with van der Waals surface area (Å²) in [4.78, 5) is 6.36. The fourth-order valence-electron chi connectivity index (χ4n) is 2.33. The second-order valence-corrected chi connectivity index (χ2v) is 4.94. The first-order valence-corrected chi connectivity index (χ1v) is 6.49. The van der Waals surface area contributed by atoms with Gasteiger partial charge in [0.15, 0.2) is 5.82 Å². The molecule has 1 aromatic heterocycles. The predicted octanol–water partition coefficient (Wildman–Crippen LogP) is 1.55. The molecule has 0 amide bonds. The third kappa shape index (κ3) is 2.62. The van der Waals surface area contributed by atoms with E-state index < -0.39 is 11.6 Å². The number of nitrogens with one attached hydrogen (secondary N) is 2. The normalized spacial score (nSPS) is 19.4. The Hall–Kier alpha value is -2.02. The Balaban J connectivity index is 1.86. The van der Waals surface area contributed by atoms with E-state index in [1.807, 2.05) is 4.90 Å². The maximum absolute atomic E-state index is 13.2. The Bertz CT molecular complexity index is 592. The van der Waals surface area contributed by atoms with Crippen molar-refractivity contribution in [1.82, 2.24) is 20.5 Å².